The molecule has 0 atom stereocenters. The Morgan fingerprint density at radius 2 is 1.96 bits per heavy atom. The zero-order chi connectivity index (χ0) is 19.2. The number of nitrogens with zero attached hydrogens (tertiary/aromatic N) is 1. The first kappa shape index (κ1) is 21.1. The Hall–Kier alpha value is -1.19. The number of nitrogens with two attached hydrogens (primary N) is 1. The summed E-state index contributed by atoms with van der Waals surface area (Å²) < 4.78 is 27.0. The highest BCUT2D eigenvalue weighted by Gasteiger charge is 2.26. The fraction of sp³-hybridized carbons (Fsp3) is 0.588. The van der Waals surface area contributed by atoms with Crippen molar-refractivity contribution in [2.24, 2.45) is 0 Å². The van der Waals surface area contributed by atoms with Gasteiger partial charge < -0.3 is 15.5 Å². The number of nitrogens with one attached hydrogen (secondary N) is 2. The van der Waals surface area contributed by atoms with Crippen LogP contribution in [-0.2, 0) is 14.8 Å². The lowest BCUT2D eigenvalue weighted by Gasteiger charge is -2.26. The van der Waals surface area contributed by atoms with Crippen LogP contribution in [0.25, 0.3) is 0 Å². The molecule has 0 unspecified atom stereocenters. The van der Waals surface area contributed by atoms with E-state index in [2.05, 4.69) is 19.4 Å². The minimum Gasteiger partial charge on any atom is -0.335 e. The van der Waals surface area contributed by atoms with Gasteiger partial charge in [-0.2, -0.15) is 4.31 Å². The summed E-state index contributed by atoms with van der Waals surface area (Å²) in [6.07, 6.45) is 2.81. The minimum absolute atomic E-state index is 0.166. The molecule has 1 aliphatic rings. The molecule has 2 rings (SSSR count). The summed E-state index contributed by atoms with van der Waals surface area (Å²) >= 11 is 6.14. The summed E-state index contributed by atoms with van der Waals surface area (Å²) in [7, 11) is 0.560. The van der Waals surface area contributed by atoms with Crippen molar-refractivity contribution in [3.8, 4) is 0 Å². The van der Waals surface area contributed by atoms with Crippen LogP contribution in [0.15, 0.2) is 23.1 Å². The van der Waals surface area contributed by atoms with Crippen molar-refractivity contribution in [3.63, 3.8) is 0 Å². The van der Waals surface area contributed by atoms with Crippen LogP contribution < -0.4 is 15.5 Å². The molecule has 4 N–H and O–H groups in total. The Kier molecular flexibility index (Phi) is 7.85. The van der Waals surface area contributed by atoms with Gasteiger partial charge in [0, 0.05) is 13.1 Å². The van der Waals surface area contributed by atoms with Gasteiger partial charge in [-0.05, 0) is 31.0 Å². The number of carbonyl (C=O) groups excluding carboxylic acids is 1. The number of halogens is 1. The van der Waals surface area contributed by atoms with Crippen LogP contribution in [-0.4, -0.2) is 65.4 Å². The molecule has 0 spiro atoms. The number of quaternary nitrogens is 2. The predicted molar refractivity (Wildman–Crippen MR) is 102 cm³/mol. The van der Waals surface area contributed by atoms with Crippen LogP contribution in [0.4, 0.5) is 5.69 Å². The van der Waals surface area contributed by atoms with E-state index in [0.717, 1.165) is 32.4 Å². The molecular formula is C17H29ClN4O3S+2. The van der Waals surface area contributed by atoms with Crippen LogP contribution in [0, 0.1) is 0 Å². The second-order valence-electron chi connectivity index (χ2n) is 6.89. The Bertz CT molecular complexity index is 719. The van der Waals surface area contributed by atoms with Crippen LogP contribution in [0.1, 0.15) is 19.3 Å². The zero-order valence-electron chi connectivity index (χ0n) is 15.4. The number of likely N-dealkylation sites (N-methyl/N-ethyl adjacent to an activating group) is 1. The van der Waals surface area contributed by atoms with E-state index in [1.54, 1.807) is 0 Å². The molecule has 0 saturated carbocycles. The number of hydrogen-bond acceptors (Lipinski definition) is 3. The van der Waals surface area contributed by atoms with E-state index >= 15 is 0 Å². The van der Waals surface area contributed by atoms with Crippen molar-refractivity contribution in [3.05, 3.63) is 23.2 Å². The third-order valence-corrected chi connectivity index (χ3v) is 6.57. The molecule has 1 heterocycles. The largest absolute Gasteiger partial charge is 0.335 e. The van der Waals surface area contributed by atoms with Crippen molar-refractivity contribution in [2.75, 3.05) is 52.1 Å². The number of rotatable bonds is 8. The molecule has 0 aromatic heterocycles. The average Bonchev–Trinajstić information content (AvgIpc) is 2.61. The van der Waals surface area contributed by atoms with Crippen LogP contribution in [0.3, 0.4) is 0 Å². The van der Waals surface area contributed by atoms with Gasteiger partial charge in [0.05, 0.1) is 29.7 Å². The first-order valence-corrected chi connectivity index (χ1v) is 10.8. The number of sulfonamides is 1. The van der Waals surface area contributed by atoms with Gasteiger partial charge in [-0.15, -0.1) is 0 Å². The molecular weight excluding hydrogens is 376 g/mol. The smallest absolute Gasteiger partial charge is 0.279 e. The predicted octanol–water partition coefficient (Wildman–Crippen LogP) is -0.839. The Morgan fingerprint density at radius 1 is 1.27 bits per heavy atom. The third kappa shape index (κ3) is 5.92. The second kappa shape index (κ2) is 9.66. The summed E-state index contributed by atoms with van der Waals surface area (Å²) in [5, 5.41) is 4.97. The maximum Gasteiger partial charge on any atom is 0.279 e. The number of piperidine rings is 1. The fourth-order valence-corrected chi connectivity index (χ4v) is 4.55. The van der Waals surface area contributed by atoms with Gasteiger partial charge in [-0.3, -0.25) is 4.79 Å². The fourth-order valence-electron chi connectivity index (χ4n) is 2.84. The number of benzene rings is 1. The summed E-state index contributed by atoms with van der Waals surface area (Å²) in [6.45, 7) is 3.14. The number of anilines is 1. The summed E-state index contributed by atoms with van der Waals surface area (Å²) in [6, 6.07) is 4.47. The lowest BCUT2D eigenvalue weighted by molar-refractivity contribution is -0.873. The van der Waals surface area contributed by atoms with Crippen molar-refractivity contribution in [2.45, 2.75) is 24.2 Å². The van der Waals surface area contributed by atoms with Crippen molar-refractivity contribution in [1.29, 1.82) is 0 Å². The van der Waals surface area contributed by atoms with E-state index in [-0.39, 0.29) is 17.3 Å². The summed E-state index contributed by atoms with van der Waals surface area (Å²) in [5.41, 5.74) is 0.335. The summed E-state index contributed by atoms with van der Waals surface area (Å²) in [5.74, 6) is -0.201. The highest BCUT2D eigenvalue weighted by Crippen LogP contribution is 2.28. The van der Waals surface area contributed by atoms with Gasteiger partial charge in [0.25, 0.3) is 5.91 Å². The van der Waals surface area contributed by atoms with Gasteiger partial charge in [-0.25, -0.2) is 8.42 Å². The zero-order valence-corrected chi connectivity index (χ0v) is 17.0. The van der Waals surface area contributed by atoms with Crippen molar-refractivity contribution < 1.29 is 23.4 Å². The second-order valence-corrected chi connectivity index (χ2v) is 9.24. The molecule has 0 aliphatic carbocycles. The maximum atomic E-state index is 12.8. The van der Waals surface area contributed by atoms with E-state index in [4.69, 9.17) is 11.6 Å². The number of carbonyl (C=O) groups is 1. The highest BCUT2D eigenvalue weighted by atomic mass is 35.5. The highest BCUT2D eigenvalue weighted by molar-refractivity contribution is 7.89. The standard InChI is InChI=1S/C17H27ClN4O3S/c1-21(2)11-8-19-13-17(23)20-16-12-14(6-7-15(16)18)26(24,25)22-9-4-3-5-10-22/h6-7,12,19H,3-5,8-11,13H2,1-2H3,(H,20,23)/p+2. The number of amides is 1. The van der Waals surface area contributed by atoms with Gasteiger partial charge in [-0.1, -0.05) is 18.0 Å². The monoisotopic (exact) mass is 404 g/mol. The minimum atomic E-state index is -3.55. The normalized spacial score (nSPS) is 16.0. The van der Waals surface area contributed by atoms with Crippen LogP contribution in [0.5, 0.6) is 0 Å². The number of hydrogen-bond donors (Lipinski definition) is 3. The molecule has 26 heavy (non-hydrogen) atoms. The lowest BCUT2D eigenvalue weighted by atomic mass is 10.2. The van der Waals surface area contributed by atoms with E-state index in [0.29, 0.717) is 23.8 Å². The molecule has 1 fully saturated rings. The average molecular weight is 405 g/mol. The lowest BCUT2D eigenvalue weighted by Crippen LogP contribution is -3.09. The van der Waals surface area contributed by atoms with Crippen molar-refractivity contribution >= 4 is 33.2 Å². The first-order valence-electron chi connectivity index (χ1n) is 9.01. The molecule has 0 radical (unpaired) electrons. The Morgan fingerprint density at radius 3 is 2.62 bits per heavy atom. The third-order valence-electron chi connectivity index (χ3n) is 4.34. The van der Waals surface area contributed by atoms with E-state index in [1.165, 1.54) is 27.4 Å². The Labute approximate surface area is 160 Å². The molecule has 1 saturated heterocycles. The van der Waals surface area contributed by atoms with E-state index in [9.17, 15) is 13.2 Å². The Balaban J connectivity index is 2.03. The molecule has 0 bridgehead atoms. The van der Waals surface area contributed by atoms with Crippen molar-refractivity contribution in [1.82, 2.24) is 4.31 Å². The quantitative estimate of drug-likeness (QED) is 0.494. The molecule has 9 heteroatoms. The molecule has 1 aliphatic heterocycles. The maximum absolute atomic E-state index is 12.8. The van der Waals surface area contributed by atoms with Crippen LogP contribution in [0.2, 0.25) is 5.02 Å². The van der Waals surface area contributed by atoms with Gasteiger partial charge in [0.15, 0.2) is 6.54 Å². The molecule has 1 aromatic rings. The SMILES string of the molecule is C[NH+](C)CC[NH2+]CC(=O)Nc1cc(S(=O)(=O)N2CCCCC2)ccc1Cl. The van der Waals surface area contributed by atoms with E-state index in [1.807, 2.05) is 5.32 Å². The topological polar surface area (TPSA) is 87.5 Å². The first-order chi connectivity index (χ1) is 12.3. The summed E-state index contributed by atoms with van der Waals surface area (Å²) in [4.78, 5) is 13.6. The van der Waals surface area contributed by atoms with Gasteiger partial charge >= 0.3 is 0 Å². The van der Waals surface area contributed by atoms with Gasteiger partial charge in [0.2, 0.25) is 10.0 Å². The molecule has 146 valence electrons. The molecule has 1 aromatic carbocycles. The molecule has 7 nitrogen and oxygen atoms in total. The molecule has 1 amide bonds. The van der Waals surface area contributed by atoms with Gasteiger partial charge in [0.1, 0.15) is 13.1 Å². The van der Waals surface area contributed by atoms with E-state index < -0.39 is 10.0 Å². The van der Waals surface area contributed by atoms with Crippen LogP contribution >= 0.6 is 11.6 Å².